The fourth-order valence-corrected chi connectivity index (χ4v) is 3.84. The van der Waals surface area contributed by atoms with E-state index < -0.39 is 6.04 Å². The van der Waals surface area contributed by atoms with Crippen LogP contribution in [-0.4, -0.2) is 54.0 Å². The molecule has 1 fully saturated rings. The number of rotatable bonds is 5. The minimum Gasteiger partial charge on any atom is -0.378 e. The molecule has 3 rings (SSSR count). The highest BCUT2D eigenvalue weighted by Gasteiger charge is 2.28. The summed E-state index contributed by atoms with van der Waals surface area (Å²) in [5, 5.41) is 3.75. The first-order chi connectivity index (χ1) is 12.5. The summed E-state index contributed by atoms with van der Waals surface area (Å²) < 4.78 is 5.33. The second-order valence-electron chi connectivity index (χ2n) is 6.29. The number of hydrogen-bond donors (Lipinski definition) is 1. The van der Waals surface area contributed by atoms with Crippen LogP contribution in [0.1, 0.15) is 25.9 Å². The van der Waals surface area contributed by atoms with Gasteiger partial charge in [0.2, 0.25) is 5.91 Å². The molecule has 0 spiro atoms. The maximum atomic E-state index is 13.0. The third kappa shape index (κ3) is 4.47. The van der Waals surface area contributed by atoms with Gasteiger partial charge in [0.25, 0.3) is 5.91 Å². The standard InChI is InChI=1S/C19H23N3O3S/c1-13-17(20-14(2)26-13)18(23)21-16(12-15-6-4-3-5-7-15)19(24)22-8-10-25-11-9-22/h3-7,16H,8-12H2,1-2H3,(H,21,23)/t16-/m0/s1. The summed E-state index contributed by atoms with van der Waals surface area (Å²) in [5.74, 6) is -0.371. The van der Waals surface area contributed by atoms with Gasteiger partial charge in [-0.1, -0.05) is 30.3 Å². The minimum absolute atomic E-state index is 0.0740. The third-order valence-corrected chi connectivity index (χ3v) is 5.21. The first-order valence-corrected chi connectivity index (χ1v) is 9.51. The van der Waals surface area contributed by atoms with Gasteiger partial charge in [-0.05, 0) is 19.4 Å². The molecule has 0 radical (unpaired) electrons. The lowest BCUT2D eigenvalue weighted by Crippen LogP contribution is -2.52. The van der Waals surface area contributed by atoms with Gasteiger partial charge in [0.05, 0.1) is 18.2 Å². The van der Waals surface area contributed by atoms with Crippen molar-refractivity contribution >= 4 is 23.2 Å². The van der Waals surface area contributed by atoms with Crippen LogP contribution < -0.4 is 5.32 Å². The maximum Gasteiger partial charge on any atom is 0.271 e. The van der Waals surface area contributed by atoms with Gasteiger partial charge in [0.15, 0.2) is 0 Å². The van der Waals surface area contributed by atoms with Gasteiger partial charge >= 0.3 is 0 Å². The van der Waals surface area contributed by atoms with Crippen molar-refractivity contribution in [3.05, 3.63) is 51.5 Å². The Bertz CT molecular complexity index is 770. The number of thiazole rings is 1. The van der Waals surface area contributed by atoms with Crippen LogP contribution in [0, 0.1) is 13.8 Å². The van der Waals surface area contributed by atoms with Gasteiger partial charge in [-0.2, -0.15) is 0 Å². The Morgan fingerprint density at radius 2 is 1.92 bits per heavy atom. The molecular weight excluding hydrogens is 350 g/mol. The van der Waals surface area contributed by atoms with Crippen molar-refractivity contribution in [2.45, 2.75) is 26.3 Å². The van der Waals surface area contributed by atoms with Gasteiger partial charge in [-0.25, -0.2) is 4.98 Å². The molecule has 7 heteroatoms. The molecule has 1 saturated heterocycles. The molecule has 1 aromatic carbocycles. The highest BCUT2D eigenvalue weighted by Crippen LogP contribution is 2.17. The van der Waals surface area contributed by atoms with Crippen LogP contribution in [-0.2, 0) is 16.0 Å². The number of nitrogens with one attached hydrogen (secondary N) is 1. The molecule has 0 aliphatic carbocycles. The number of aryl methyl sites for hydroxylation is 2. The third-order valence-electron chi connectivity index (χ3n) is 4.33. The topological polar surface area (TPSA) is 71.5 Å². The van der Waals surface area contributed by atoms with Crippen molar-refractivity contribution < 1.29 is 14.3 Å². The molecule has 1 N–H and O–H groups in total. The van der Waals surface area contributed by atoms with Gasteiger partial charge in [-0.15, -0.1) is 11.3 Å². The number of amides is 2. The number of hydrogen-bond acceptors (Lipinski definition) is 5. The largest absolute Gasteiger partial charge is 0.378 e. The van der Waals surface area contributed by atoms with E-state index in [1.54, 1.807) is 4.90 Å². The summed E-state index contributed by atoms with van der Waals surface area (Å²) in [4.78, 5) is 32.6. The van der Waals surface area contributed by atoms with Crippen LogP contribution in [0.4, 0.5) is 0 Å². The molecule has 0 unspecified atom stereocenters. The normalized spacial score (nSPS) is 15.5. The molecule has 2 aromatic rings. The summed E-state index contributed by atoms with van der Waals surface area (Å²) in [6, 6.07) is 9.10. The Morgan fingerprint density at radius 1 is 1.23 bits per heavy atom. The van der Waals surface area contributed by atoms with Gasteiger partial charge < -0.3 is 15.0 Å². The zero-order valence-corrected chi connectivity index (χ0v) is 15.8. The summed E-state index contributed by atoms with van der Waals surface area (Å²) in [5.41, 5.74) is 1.41. The Kier molecular flexibility index (Phi) is 6.00. The lowest BCUT2D eigenvalue weighted by molar-refractivity contribution is -0.137. The van der Waals surface area contributed by atoms with E-state index in [0.29, 0.717) is 38.4 Å². The summed E-state index contributed by atoms with van der Waals surface area (Å²) >= 11 is 1.48. The van der Waals surface area contributed by atoms with E-state index in [1.165, 1.54) is 11.3 Å². The van der Waals surface area contributed by atoms with Crippen LogP contribution in [0.25, 0.3) is 0 Å². The quantitative estimate of drug-likeness (QED) is 0.870. The number of aromatic nitrogens is 1. The van der Waals surface area contributed by atoms with E-state index in [1.807, 2.05) is 44.2 Å². The Balaban J connectivity index is 1.78. The number of carbonyl (C=O) groups is 2. The van der Waals surface area contributed by atoms with E-state index in [9.17, 15) is 9.59 Å². The van der Waals surface area contributed by atoms with Gasteiger partial charge in [0, 0.05) is 24.4 Å². The molecular formula is C19H23N3O3S. The van der Waals surface area contributed by atoms with Crippen molar-refractivity contribution in [2.24, 2.45) is 0 Å². The molecule has 1 aromatic heterocycles. The summed E-state index contributed by atoms with van der Waals surface area (Å²) in [6.07, 6.45) is 0.449. The van der Waals surface area contributed by atoms with E-state index in [2.05, 4.69) is 10.3 Å². The zero-order chi connectivity index (χ0) is 18.5. The van der Waals surface area contributed by atoms with Gasteiger partial charge in [0.1, 0.15) is 11.7 Å². The molecule has 2 heterocycles. The van der Waals surface area contributed by atoms with Crippen LogP contribution >= 0.6 is 11.3 Å². The Hall–Kier alpha value is -2.25. The van der Waals surface area contributed by atoms with E-state index in [0.717, 1.165) is 15.4 Å². The molecule has 1 aliphatic heterocycles. The van der Waals surface area contributed by atoms with Crippen molar-refractivity contribution in [2.75, 3.05) is 26.3 Å². The average Bonchev–Trinajstić information content (AvgIpc) is 3.00. The summed E-state index contributed by atoms with van der Waals surface area (Å²) in [7, 11) is 0. The van der Waals surface area contributed by atoms with E-state index >= 15 is 0 Å². The van der Waals surface area contributed by atoms with E-state index in [4.69, 9.17) is 4.74 Å². The van der Waals surface area contributed by atoms with Crippen molar-refractivity contribution in [1.29, 1.82) is 0 Å². The van der Waals surface area contributed by atoms with Crippen LogP contribution in [0.15, 0.2) is 30.3 Å². The minimum atomic E-state index is -0.621. The predicted octanol–water partition coefficient (Wildman–Crippen LogP) is 1.96. The predicted molar refractivity (Wildman–Crippen MR) is 100 cm³/mol. The Morgan fingerprint density at radius 3 is 2.54 bits per heavy atom. The highest BCUT2D eigenvalue weighted by molar-refractivity contribution is 7.11. The smallest absolute Gasteiger partial charge is 0.271 e. The lowest BCUT2D eigenvalue weighted by atomic mass is 10.0. The maximum absolute atomic E-state index is 13.0. The molecule has 1 aliphatic rings. The van der Waals surface area contributed by atoms with Crippen LogP contribution in [0.5, 0.6) is 0 Å². The van der Waals surface area contributed by atoms with Crippen molar-refractivity contribution in [3.63, 3.8) is 0 Å². The zero-order valence-electron chi connectivity index (χ0n) is 15.0. The van der Waals surface area contributed by atoms with Crippen LogP contribution in [0.3, 0.4) is 0 Å². The monoisotopic (exact) mass is 373 g/mol. The van der Waals surface area contributed by atoms with Crippen molar-refractivity contribution in [1.82, 2.24) is 15.2 Å². The fourth-order valence-electron chi connectivity index (χ4n) is 3.02. The highest BCUT2D eigenvalue weighted by atomic mass is 32.1. The molecule has 1 atom stereocenters. The number of nitrogens with zero attached hydrogens (tertiary/aromatic N) is 2. The second kappa shape index (κ2) is 8.42. The molecule has 0 bridgehead atoms. The SMILES string of the molecule is Cc1nc(C(=O)N[C@@H](Cc2ccccc2)C(=O)N2CCOCC2)c(C)s1. The lowest BCUT2D eigenvalue weighted by Gasteiger charge is -2.30. The Labute approximate surface area is 157 Å². The first kappa shape index (κ1) is 18.5. The molecule has 6 nitrogen and oxygen atoms in total. The molecule has 138 valence electrons. The molecule has 26 heavy (non-hydrogen) atoms. The molecule has 0 saturated carbocycles. The first-order valence-electron chi connectivity index (χ1n) is 8.70. The number of ether oxygens (including phenoxy) is 1. The second-order valence-corrected chi connectivity index (χ2v) is 7.70. The molecule has 2 amide bonds. The number of carbonyl (C=O) groups excluding carboxylic acids is 2. The van der Waals surface area contributed by atoms with E-state index in [-0.39, 0.29) is 11.8 Å². The number of morpholine rings is 1. The number of benzene rings is 1. The van der Waals surface area contributed by atoms with Gasteiger partial charge in [-0.3, -0.25) is 9.59 Å². The average molecular weight is 373 g/mol. The fraction of sp³-hybridized carbons (Fsp3) is 0.421. The van der Waals surface area contributed by atoms with Crippen LogP contribution in [0.2, 0.25) is 0 Å². The van der Waals surface area contributed by atoms with Crippen molar-refractivity contribution in [3.8, 4) is 0 Å². The summed E-state index contributed by atoms with van der Waals surface area (Å²) in [6.45, 7) is 5.90.